The summed E-state index contributed by atoms with van der Waals surface area (Å²) in [5.74, 6) is 1.10. The number of anilines is 4. The molecular formula is C27H21N7OS2. The molecule has 37 heavy (non-hydrogen) atoms. The fourth-order valence-corrected chi connectivity index (χ4v) is 5.28. The van der Waals surface area contributed by atoms with Crippen molar-refractivity contribution in [1.29, 1.82) is 0 Å². The van der Waals surface area contributed by atoms with Crippen LogP contribution in [0.4, 0.5) is 28.1 Å². The number of para-hydroxylation sites is 2. The van der Waals surface area contributed by atoms with Crippen LogP contribution in [0.2, 0.25) is 0 Å². The van der Waals surface area contributed by atoms with Gasteiger partial charge in [-0.2, -0.15) is 5.10 Å². The van der Waals surface area contributed by atoms with Gasteiger partial charge in [0, 0.05) is 22.3 Å². The summed E-state index contributed by atoms with van der Waals surface area (Å²) in [6.45, 7) is 0. The number of thiazole rings is 1. The number of nitrogens with zero attached hydrogens (tertiary/aromatic N) is 4. The van der Waals surface area contributed by atoms with E-state index in [4.69, 9.17) is 4.99 Å². The van der Waals surface area contributed by atoms with Gasteiger partial charge in [0.25, 0.3) is 5.91 Å². The minimum absolute atomic E-state index is 0.330. The number of rotatable bonds is 6. The normalized spacial score (nSPS) is 12.4. The summed E-state index contributed by atoms with van der Waals surface area (Å²) in [6, 6.07) is 29.3. The van der Waals surface area contributed by atoms with E-state index in [1.807, 2.05) is 96.4 Å². The number of fused-ring (bicyclic) bond motifs is 1. The van der Waals surface area contributed by atoms with E-state index in [0.717, 1.165) is 22.6 Å². The van der Waals surface area contributed by atoms with Crippen LogP contribution in [-0.2, 0) is 5.88 Å². The number of thioether (sulfide) groups is 1. The molecule has 6 rings (SSSR count). The third-order valence-electron chi connectivity index (χ3n) is 5.54. The Hall–Kier alpha value is -4.41. The lowest BCUT2D eigenvalue weighted by Crippen LogP contribution is -2.16. The van der Waals surface area contributed by atoms with Crippen molar-refractivity contribution in [2.45, 2.75) is 5.88 Å². The zero-order chi connectivity index (χ0) is 25.0. The minimum Gasteiger partial charge on any atom is -0.338 e. The number of benzene rings is 3. The van der Waals surface area contributed by atoms with Crippen molar-refractivity contribution >= 4 is 62.3 Å². The molecule has 0 aliphatic carbocycles. The van der Waals surface area contributed by atoms with E-state index in [9.17, 15) is 4.79 Å². The van der Waals surface area contributed by atoms with Crippen LogP contribution in [-0.4, -0.2) is 25.8 Å². The van der Waals surface area contributed by atoms with Crippen LogP contribution in [0, 0.1) is 0 Å². The van der Waals surface area contributed by atoms with E-state index in [0.29, 0.717) is 33.4 Å². The van der Waals surface area contributed by atoms with Crippen molar-refractivity contribution in [3.63, 3.8) is 0 Å². The molecular weight excluding hydrogens is 502 g/mol. The highest BCUT2D eigenvalue weighted by Crippen LogP contribution is 2.36. The van der Waals surface area contributed by atoms with Crippen LogP contribution in [0.1, 0.15) is 10.4 Å². The molecule has 0 radical (unpaired) electrons. The monoisotopic (exact) mass is 523 g/mol. The fourth-order valence-electron chi connectivity index (χ4n) is 3.80. The van der Waals surface area contributed by atoms with Gasteiger partial charge in [0.1, 0.15) is 5.56 Å². The van der Waals surface area contributed by atoms with Crippen LogP contribution in [0.5, 0.6) is 0 Å². The Bertz CT molecular complexity index is 1560. The molecule has 0 unspecified atom stereocenters. The first kappa shape index (κ1) is 23.0. The van der Waals surface area contributed by atoms with Crippen LogP contribution >= 0.6 is 23.1 Å². The Kier molecular flexibility index (Phi) is 6.40. The molecule has 1 aliphatic heterocycles. The predicted octanol–water partition coefficient (Wildman–Crippen LogP) is 6.81. The molecule has 10 heteroatoms. The first-order valence-electron chi connectivity index (χ1n) is 11.5. The van der Waals surface area contributed by atoms with E-state index in [2.05, 4.69) is 26.0 Å². The lowest BCUT2D eigenvalue weighted by molar-refractivity contribution is 0.102. The molecule has 3 heterocycles. The van der Waals surface area contributed by atoms with Gasteiger partial charge >= 0.3 is 0 Å². The maximum absolute atomic E-state index is 13.6. The summed E-state index contributed by atoms with van der Waals surface area (Å²) in [5, 5.41) is 17.4. The Morgan fingerprint density at radius 1 is 0.838 bits per heavy atom. The molecule has 0 saturated carbocycles. The highest BCUT2D eigenvalue weighted by molar-refractivity contribution is 8.13. The number of carbonyl (C=O) groups excluding carboxylic acids is 1. The number of amides is 1. The van der Waals surface area contributed by atoms with Crippen LogP contribution in [0.15, 0.2) is 101 Å². The molecule has 3 aromatic carbocycles. The molecule has 0 atom stereocenters. The van der Waals surface area contributed by atoms with Crippen molar-refractivity contribution in [3.8, 4) is 11.3 Å². The first-order chi connectivity index (χ1) is 18.2. The summed E-state index contributed by atoms with van der Waals surface area (Å²) in [4.78, 5) is 23.0. The maximum atomic E-state index is 13.6. The SMILES string of the molecule is O=C(Nc1nc(-c2ccccc2)cs1)c1c(Nc2ccccc2)nn2c1N=C(Nc1ccccc1)SC2. The number of aliphatic imine (C=N–C) groups is 1. The van der Waals surface area contributed by atoms with Crippen LogP contribution < -0.4 is 16.0 Å². The number of aromatic nitrogens is 3. The zero-order valence-corrected chi connectivity index (χ0v) is 21.1. The van der Waals surface area contributed by atoms with Crippen LogP contribution in [0.3, 0.4) is 0 Å². The molecule has 0 saturated heterocycles. The fraction of sp³-hybridized carbons (Fsp3) is 0.0370. The third-order valence-corrected chi connectivity index (χ3v) is 7.14. The lowest BCUT2D eigenvalue weighted by Gasteiger charge is -2.15. The van der Waals surface area contributed by atoms with E-state index in [1.165, 1.54) is 23.1 Å². The van der Waals surface area contributed by atoms with Gasteiger partial charge in [0.2, 0.25) is 0 Å². The molecule has 0 bridgehead atoms. The summed E-state index contributed by atoms with van der Waals surface area (Å²) in [7, 11) is 0. The average Bonchev–Trinajstić information content (AvgIpc) is 3.54. The highest BCUT2D eigenvalue weighted by atomic mass is 32.2. The van der Waals surface area contributed by atoms with Crippen molar-refractivity contribution < 1.29 is 4.79 Å². The van der Waals surface area contributed by atoms with Crippen molar-refractivity contribution in [2.24, 2.45) is 4.99 Å². The molecule has 8 nitrogen and oxygen atoms in total. The van der Waals surface area contributed by atoms with Gasteiger partial charge in [-0.1, -0.05) is 78.5 Å². The molecule has 0 spiro atoms. The van der Waals surface area contributed by atoms with Crippen molar-refractivity contribution in [2.75, 3.05) is 16.0 Å². The summed E-state index contributed by atoms with van der Waals surface area (Å²) in [5.41, 5.74) is 3.91. The largest absolute Gasteiger partial charge is 0.338 e. The number of hydrogen-bond acceptors (Lipinski definition) is 8. The van der Waals surface area contributed by atoms with Gasteiger partial charge in [0.05, 0.1) is 11.6 Å². The maximum Gasteiger partial charge on any atom is 0.265 e. The van der Waals surface area contributed by atoms with E-state index >= 15 is 0 Å². The molecule has 182 valence electrons. The van der Waals surface area contributed by atoms with Gasteiger partial charge in [-0.25, -0.2) is 14.7 Å². The van der Waals surface area contributed by atoms with E-state index in [1.54, 1.807) is 4.68 Å². The van der Waals surface area contributed by atoms with Gasteiger partial charge < -0.3 is 10.6 Å². The third kappa shape index (κ3) is 5.11. The molecule has 1 amide bonds. The Morgan fingerprint density at radius 3 is 2.19 bits per heavy atom. The van der Waals surface area contributed by atoms with Gasteiger partial charge in [-0.15, -0.1) is 11.3 Å². The van der Waals surface area contributed by atoms with E-state index < -0.39 is 0 Å². The number of carbonyl (C=O) groups is 1. The lowest BCUT2D eigenvalue weighted by atomic mass is 10.2. The average molecular weight is 524 g/mol. The quantitative estimate of drug-likeness (QED) is 0.226. The van der Waals surface area contributed by atoms with Crippen molar-refractivity contribution in [1.82, 2.24) is 14.8 Å². The standard InChI is InChI=1S/C27H21N7OS2/c35-25(32-27-30-21(16-36-27)18-10-4-1-5-11-18)22-23(28-19-12-6-2-7-13-19)33-34-17-37-26(31-24(22)34)29-20-14-8-3-9-15-20/h1-16H,17H2,(H,28,33)(H,29,31)(H,30,32,35). The molecule has 2 aromatic heterocycles. The Labute approximate surface area is 221 Å². The zero-order valence-electron chi connectivity index (χ0n) is 19.5. The Morgan fingerprint density at radius 2 is 1.49 bits per heavy atom. The molecule has 5 aromatic rings. The second-order valence-electron chi connectivity index (χ2n) is 8.08. The van der Waals surface area contributed by atoms with Gasteiger partial charge in [0.15, 0.2) is 21.9 Å². The van der Waals surface area contributed by atoms with Gasteiger partial charge in [-0.3, -0.25) is 10.1 Å². The number of nitrogens with one attached hydrogen (secondary N) is 3. The van der Waals surface area contributed by atoms with E-state index in [-0.39, 0.29) is 5.91 Å². The first-order valence-corrected chi connectivity index (χ1v) is 13.4. The smallest absolute Gasteiger partial charge is 0.265 e. The van der Waals surface area contributed by atoms with Crippen LogP contribution in [0.25, 0.3) is 11.3 Å². The van der Waals surface area contributed by atoms with Crippen molar-refractivity contribution in [3.05, 3.63) is 102 Å². The minimum atomic E-state index is -0.330. The molecule has 1 aliphatic rings. The summed E-state index contributed by atoms with van der Waals surface area (Å²) >= 11 is 2.89. The topological polar surface area (TPSA) is 96.2 Å². The Balaban J connectivity index is 1.33. The molecule has 3 N–H and O–H groups in total. The van der Waals surface area contributed by atoms with Gasteiger partial charge in [-0.05, 0) is 24.3 Å². The summed E-state index contributed by atoms with van der Waals surface area (Å²) in [6.07, 6.45) is 0. The summed E-state index contributed by atoms with van der Waals surface area (Å²) < 4.78 is 1.73. The number of hydrogen-bond donors (Lipinski definition) is 3. The second kappa shape index (κ2) is 10.3. The predicted molar refractivity (Wildman–Crippen MR) is 152 cm³/mol. The highest BCUT2D eigenvalue weighted by Gasteiger charge is 2.28. The number of amidine groups is 1. The second-order valence-corrected chi connectivity index (χ2v) is 9.87. The molecule has 0 fully saturated rings.